The van der Waals surface area contributed by atoms with Gasteiger partial charge in [-0.25, -0.2) is 4.98 Å². The highest BCUT2D eigenvalue weighted by atomic mass is 32.1. The van der Waals surface area contributed by atoms with Gasteiger partial charge in [-0.2, -0.15) is 0 Å². The Bertz CT molecular complexity index is 673. The molecule has 5 nitrogen and oxygen atoms in total. The van der Waals surface area contributed by atoms with Gasteiger partial charge in [-0.15, -0.1) is 11.3 Å². The SMILES string of the molecule is CN(C)c1ccnc2sc(C=O)c(NC=NC3CC3)c12. The molecule has 1 fully saturated rings. The summed E-state index contributed by atoms with van der Waals surface area (Å²) in [6.45, 7) is 0. The van der Waals surface area contributed by atoms with Gasteiger partial charge in [0.1, 0.15) is 4.83 Å². The molecule has 0 aliphatic heterocycles. The third kappa shape index (κ3) is 2.38. The van der Waals surface area contributed by atoms with Gasteiger partial charge >= 0.3 is 0 Å². The van der Waals surface area contributed by atoms with Crippen LogP contribution < -0.4 is 10.2 Å². The molecule has 2 heterocycles. The van der Waals surface area contributed by atoms with Gasteiger partial charge in [-0.05, 0) is 18.9 Å². The second-order valence-electron chi connectivity index (χ2n) is 5.02. The Kier molecular flexibility index (Phi) is 3.40. The lowest BCUT2D eigenvalue weighted by atomic mass is 10.2. The molecule has 0 amide bonds. The molecule has 0 unspecified atom stereocenters. The van der Waals surface area contributed by atoms with Gasteiger partial charge in [0.2, 0.25) is 0 Å². The molecule has 1 aliphatic rings. The zero-order valence-electron chi connectivity index (χ0n) is 11.5. The van der Waals surface area contributed by atoms with Crippen LogP contribution in [-0.4, -0.2) is 37.7 Å². The fourth-order valence-electron chi connectivity index (χ4n) is 2.05. The number of nitrogens with one attached hydrogen (secondary N) is 1. The normalized spacial score (nSPS) is 14.9. The van der Waals surface area contributed by atoms with Crippen LogP contribution in [-0.2, 0) is 0 Å². The van der Waals surface area contributed by atoms with Crippen molar-refractivity contribution in [3.63, 3.8) is 0 Å². The summed E-state index contributed by atoms with van der Waals surface area (Å²) >= 11 is 1.40. The van der Waals surface area contributed by atoms with Crippen molar-refractivity contribution in [1.82, 2.24) is 4.98 Å². The first-order valence-corrected chi connectivity index (χ1v) is 7.34. The van der Waals surface area contributed by atoms with Crippen LogP contribution >= 0.6 is 11.3 Å². The number of aliphatic imine (C=N–C) groups is 1. The smallest absolute Gasteiger partial charge is 0.162 e. The number of thiophene rings is 1. The van der Waals surface area contributed by atoms with Crippen LogP contribution in [0.2, 0.25) is 0 Å². The predicted molar refractivity (Wildman–Crippen MR) is 84.5 cm³/mol. The predicted octanol–water partition coefficient (Wildman–Crippen LogP) is 2.78. The van der Waals surface area contributed by atoms with Crippen molar-refractivity contribution < 1.29 is 4.79 Å². The molecule has 20 heavy (non-hydrogen) atoms. The first-order valence-electron chi connectivity index (χ1n) is 6.53. The second-order valence-corrected chi connectivity index (χ2v) is 6.05. The molecule has 104 valence electrons. The van der Waals surface area contributed by atoms with Crippen molar-refractivity contribution in [3.8, 4) is 0 Å². The molecule has 1 N–H and O–H groups in total. The van der Waals surface area contributed by atoms with E-state index in [4.69, 9.17) is 0 Å². The highest BCUT2D eigenvalue weighted by Crippen LogP contribution is 2.38. The molecule has 0 saturated heterocycles. The molecule has 2 aromatic heterocycles. The molecule has 0 bridgehead atoms. The maximum atomic E-state index is 11.3. The zero-order chi connectivity index (χ0) is 14.1. The summed E-state index contributed by atoms with van der Waals surface area (Å²) in [6.07, 6.45) is 6.67. The number of carbonyl (C=O) groups is 1. The van der Waals surface area contributed by atoms with Crippen LogP contribution in [0.1, 0.15) is 22.5 Å². The third-order valence-electron chi connectivity index (χ3n) is 3.23. The van der Waals surface area contributed by atoms with E-state index in [9.17, 15) is 4.79 Å². The molecular weight excluding hydrogens is 272 g/mol. The molecule has 0 atom stereocenters. The minimum Gasteiger partial charge on any atom is -0.377 e. The molecule has 2 aromatic rings. The van der Waals surface area contributed by atoms with Crippen LogP contribution in [0.4, 0.5) is 11.4 Å². The number of fused-ring (bicyclic) bond motifs is 1. The van der Waals surface area contributed by atoms with E-state index in [0.717, 1.165) is 40.7 Å². The highest BCUT2D eigenvalue weighted by Gasteiger charge is 2.20. The van der Waals surface area contributed by atoms with Crippen molar-refractivity contribution in [2.75, 3.05) is 24.3 Å². The first-order chi connectivity index (χ1) is 9.70. The number of hydrogen-bond acceptors (Lipinski definition) is 5. The minimum absolute atomic E-state index is 0.457. The Morgan fingerprint density at radius 2 is 2.30 bits per heavy atom. The van der Waals surface area contributed by atoms with Crippen molar-refractivity contribution >= 4 is 45.6 Å². The van der Waals surface area contributed by atoms with Crippen LogP contribution in [0.25, 0.3) is 10.2 Å². The van der Waals surface area contributed by atoms with Crippen molar-refractivity contribution in [2.45, 2.75) is 18.9 Å². The summed E-state index contributed by atoms with van der Waals surface area (Å²) in [5, 5.41) is 4.15. The molecule has 3 rings (SSSR count). The number of pyridine rings is 1. The van der Waals surface area contributed by atoms with Gasteiger partial charge in [0, 0.05) is 20.3 Å². The lowest BCUT2D eigenvalue weighted by Gasteiger charge is -2.14. The van der Waals surface area contributed by atoms with Crippen molar-refractivity contribution in [3.05, 3.63) is 17.1 Å². The number of hydrogen-bond donors (Lipinski definition) is 1. The fourth-order valence-corrected chi connectivity index (χ4v) is 3.00. The average Bonchev–Trinajstić information content (AvgIpc) is 3.19. The van der Waals surface area contributed by atoms with E-state index in [1.165, 1.54) is 11.3 Å². The van der Waals surface area contributed by atoms with Crippen molar-refractivity contribution in [1.29, 1.82) is 0 Å². The number of nitrogens with zero attached hydrogens (tertiary/aromatic N) is 3. The van der Waals surface area contributed by atoms with E-state index in [1.807, 2.05) is 25.1 Å². The summed E-state index contributed by atoms with van der Waals surface area (Å²) in [6, 6.07) is 2.41. The summed E-state index contributed by atoms with van der Waals surface area (Å²) in [4.78, 5) is 23.6. The van der Waals surface area contributed by atoms with E-state index in [1.54, 1.807) is 12.5 Å². The first kappa shape index (κ1) is 13.1. The van der Waals surface area contributed by atoms with E-state index < -0.39 is 0 Å². The second kappa shape index (κ2) is 5.20. The van der Waals surface area contributed by atoms with E-state index in [0.29, 0.717) is 10.9 Å². The number of rotatable bonds is 5. The lowest BCUT2D eigenvalue weighted by molar-refractivity contribution is 0.112. The maximum absolute atomic E-state index is 11.3. The van der Waals surface area contributed by atoms with E-state index in [-0.39, 0.29) is 0 Å². The van der Waals surface area contributed by atoms with Gasteiger partial charge < -0.3 is 10.2 Å². The van der Waals surface area contributed by atoms with Crippen LogP contribution in [0.15, 0.2) is 17.3 Å². The van der Waals surface area contributed by atoms with Crippen LogP contribution in [0, 0.1) is 0 Å². The van der Waals surface area contributed by atoms with Crippen LogP contribution in [0.3, 0.4) is 0 Å². The van der Waals surface area contributed by atoms with Gasteiger partial charge in [0.15, 0.2) is 6.29 Å². The summed E-state index contributed by atoms with van der Waals surface area (Å²) in [7, 11) is 3.96. The Morgan fingerprint density at radius 3 is 2.95 bits per heavy atom. The van der Waals surface area contributed by atoms with Gasteiger partial charge in [0.05, 0.1) is 34.0 Å². The number of anilines is 2. The molecule has 1 saturated carbocycles. The van der Waals surface area contributed by atoms with Gasteiger partial charge in [-0.3, -0.25) is 9.79 Å². The molecule has 1 aliphatic carbocycles. The topological polar surface area (TPSA) is 57.6 Å². The minimum atomic E-state index is 0.457. The largest absolute Gasteiger partial charge is 0.377 e. The van der Waals surface area contributed by atoms with Crippen LogP contribution in [0.5, 0.6) is 0 Å². The highest BCUT2D eigenvalue weighted by molar-refractivity contribution is 7.21. The molecule has 0 spiro atoms. The Balaban J connectivity index is 2.07. The van der Waals surface area contributed by atoms with Crippen molar-refractivity contribution in [2.24, 2.45) is 4.99 Å². The number of aldehydes is 1. The molecule has 0 radical (unpaired) electrons. The van der Waals surface area contributed by atoms with Gasteiger partial charge in [0.25, 0.3) is 0 Å². The molecule has 6 heteroatoms. The Hall–Kier alpha value is -1.95. The zero-order valence-corrected chi connectivity index (χ0v) is 12.3. The summed E-state index contributed by atoms with van der Waals surface area (Å²) < 4.78 is 0. The molecule has 0 aromatic carbocycles. The maximum Gasteiger partial charge on any atom is 0.162 e. The fraction of sp³-hybridized carbons (Fsp3) is 0.357. The monoisotopic (exact) mass is 288 g/mol. The Morgan fingerprint density at radius 1 is 1.50 bits per heavy atom. The van der Waals surface area contributed by atoms with E-state index >= 15 is 0 Å². The lowest BCUT2D eigenvalue weighted by Crippen LogP contribution is -2.09. The van der Waals surface area contributed by atoms with Gasteiger partial charge in [-0.1, -0.05) is 0 Å². The average molecular weight is 288 g/mol. The third-order valence-corrected chi connectivity index (χ3v) is 4.25. The summed E-state index contributed by atoms with van der Waals surface area (Å²) in [5.74, 6) is 0. The number of aromatic nitrogens is 1. The number of carbonyl (C=O) groups excluding carboxylic acids is 1. The molecular formula is C14H16N4OS. The quantitative estimate of drug-likeness (QED) is 0.522. The Labute approximate surface area is 121 Å². The van der Waals surface area contributed by atoms with E-state index in [2.05, 4.69) is 15.3 Å². The summed E-state index contributed by atoms with van der Waals surface area (Å²) in [5.41, 5.74) is 1.85. The standard InChI is InChI=1S/C14H16N4OS/c1-18(2)10-5-6-15-14-12(10)13(11(7-19)20-14)17-8-16-9-3-4-9/h5-9H,3-4H2,1-2H3,(H,16,17).